The van der Waals surface area contributed by atoms with Crippen molar-refractivity contribution in [2.24, 2.45) is 0 Å². The van der Waals surface area contributed by atoms with Gasteiger partial charge in [-0.25, -0.2) is 0 Å². The maximum atomic E-state index is 4.20. The van der Waals surface area contributed by atoms with Crippen molar-refractivity contribution in [2.75, 3.05) is 5.32 Å². The highest BCUT2D eigenvalue weighted by atomic mass is 14.9. The van der Waals surface area contributed by atoms with Crippen LogP contribution in [-0.4, -0.2) is 10.5 Å². The third kappa shape index (κ3) is 5.47. The molecule has 1 heterocycles. The number of aromatic nitrogens is 1. The van der Waals surface area contributed by atoms with Crippen molar-refractivity contribution in [3.63, 3.8) is 0 Å². The van der Waals surface area contributed by atoms with Crippen LogP contribution in [0.1, 0.15) is 38.4 Å². The molecule has 22 heavy (non-hydrogen) atoms. The van der Waals surface area contributed by atoms with Gasteiger partial charge in [0, 0.05) is 35.3 Å². The van der Waals surface area contributed by atoms with Crippen LogP contribution in [0.2, 0.25) is 0 Å². The van der Waals surface area contributed by atoms with E-state index in [2.05, 4.69) is 60.7 Å². The molecule has 0 aliphatic carbocycles. The number of nitrogens with one attached hydrogen (secondary N) is 2. The molecule has 2 aromatic rings. The van der Waals surface area contributed by atoms with Gasteiger partial charge in [0.05, 0.1) is 0 Å². The topological polar surface area (TPSA) is 72.0 Å². The van der Waals surface area contributed by atoms with Gasteiger partial charge in [0.2, 0.25) is 0 Å². The molecule has 0 saturated carbocycles. The zero-order valence-corrected chi connectivity index (χ0v) is 14.1. The molecule has 1 aromatic carbocycles. The molecule has 120 valence electrons. The lowest BCUT2D eigenvalue weighted by atomic mass is 10.0. The maximum Gasteiger partial charge on any atom is 0.0417 e. The molecule has 0 atom stereocenters. The highest BCUT2D eigenvalue weighted by Gasteiger charge is 2.13. The fourth-order valence-corrected chi connectivity index (χ4v) is 1.96. The first kappa shape index (κ1) is 18.1. The third-order valence-corrected chi connectivity index (χ3v) is 3.79. The zero-order valence-electron chi connectivity index (χ0n) is 14.1. The smallest absolute Gasteiger partial charge is 0.0417 e. The van der Waals surface area contributed by atoms with Crippen molar-refractivity contribution in [2.45, 2.75) is 46.2 Å². The maximum absolute atomic E-state index is 4.20. The Labute approximate surface area is 133 Å². The molecular weight excluding hydrogens is 272 g/mol. The van der Waals surface area contributed by atoms with Crippen LogP contribution in [0.5, 0.6) is 0 Å². The predicted molar refractivity (Wildman–Crippen MR) is 94.9 cm³/mol. The second-order valence-electron chi connectivity index (χ2n) is 6.10. The van der Waals surface area contributed by atoms with Crippen LogP contribution in [0.15, 0.2) is 42.6 Å². The van der Waals surface area contributed by atoms with Gasteiger partial charge in [-0.05, 0) is 57.0 Å². The van der Waals surface area contributed by atoms with Crippen LogP contribution in [0.4, 0.5) is 11.4 Å². The highest BCUT2D eigenvalue weighted by molar-refractivity contribution is 5.59. The van der Waals surface area contributed by atoms with E-state index in [-0.39, 0.29) is 11.7 Å². The standard InChI is InChI=1S/C18H25N3.H3N/c1-5-18(3,4)20-13-15-6-8-16(9-7-15)21-17-10-11-19-14(2)12-17;/h6-12,20H,5,13H2,1-4H3,(H,19,21);1H3. The minimum Gasteiger partial charge on any atom is -0.355 e. The van der Waals surface area contributed by atoms with Gasteiger partial charge in [-0.3, -0.25) is 4.98 Å². The van der Waals surface area contributed by atoms with E-state index in [1.54, 1.807) is 0 Å². The van der Waals surface area contributed by atoms with Gasteiger partial charge < -0.3 is 16.8 Å². The minimum atomic E-state index is 0. The SMILES string of the molecule is CCC(C)(C)NCc1ccc(Nc2ccnc(C)c2)cc1.N. The lowest BCUT2D eigenvalue weighted by Crippen LogP contribution is -2.37. The summed E-state index contributed by atoms with van der Waals surface area (Å²) in [4.78, 5) is 4.20. The van der Waals surface area contributed by atoms with Crippen molar-refractivity contribution in [1.82, 2.24) is 16.5 Å². The summed E-state index contributed by atoms with van der Waals surface area (Å²) >= 11 is 0. The average Bonchev–Trinajstić information content (AvgIpc) is 2.47. The van der Waals surface area contributed by atoms with Crippen molar-refractivity contribution in [1.29, 1.82) is 0 Å². The summed E-state index contributed by atoms with van der Waals surface area (Å²) in [5.74, 6) is 0. The van der Waals surface area contributed by atoms with Crippen molar-refractivity contribution >= 4 is 11.4 Å². The van der Waals surface area contributed by atoms with Gasteiger partial charge >= 0.3 is 0 Å². The molecule has 0 bridgehead atoms. The number of rotatable bonds is 6. The summed E-state index contributed by atoms with van der Waals surface area (Å²) in [6.07, 6.45) is 2.94. The molecule has 0 saturated heterocycles. The van der Waals surface area contributed by atoms with Crippen LogP contribution in [-0.2, 0) is 6.54 Å². The molecule has 0 radical (unpaired) electrons. The lowest BCUT2D eigenvalue weighted by molar-refractivity contribution is 0.374. The van der Waals surface area contributed by atoms with Crippen LogP contribution in [0, 0.1) is 6.92 Å². The fourth-order valence-electron chi connectivity index (χ4n) is 1.96. The molecule has 5 N–H and O–H groups in total. The van der Waals surface area contributed by atoms with E-state index in [0.717, 1.165) is 30.0 Å². The quantitative estimate of drug-likeness (QED) is 0.730. The van der Waals surface area contributed by atoms with Gasteiger partial charge in [-0.15, -0.1) is 0 Å². The van der Waals surface area contributed by atoms with E-state index in [9.17, 15) is 0 Å². The first-order chi connectivity index (χ1) is 9.98. The monoisotopic (exact) mass is 300 g/mol. The molecule has 1 aromatic heterocycles. The summed E-state index contributed by atoms with van der Waals surface area (Å²) in [6, 6.07) is 12.6. The van der Waals surface area contributed by atoms with E-state index < -0.39 is 0 Å². The van der Waals surface area contributed by atoms with E-state index in [4.69, 9.17) is 0 Å². The highest BCUT2D eigenvalue weighted by Crippen LogP contribution is 2.17. The largest absolute Gasteiger partial charge is 0.355 e. The molecule has 0 aliphatic heterocycles. The second kappa shape index (κ2) is 7.92. The molecular formula is C18H28N4. The molecule has 0 amide bonds. The molecule has 0 spiro atoms. The van der Waals surface area contributed by atoms with Gasteiger partial charge in [0.15, 0.2) is 0 Å². The van der Waals surface area contributed by atoms with E-state index in [0.29, 0.717) is 0 Å². The summed E-state index contributed by atoms with van der Waals surface area (Å²) in [7, 11) is 0. The Kier molecular flexibility index (Phi) is 6.53. The number of anilines is 2. The van der Waals surface area contributed by atoms with Crippen LogP contribution >= 0.6 is 0 Å². The summed E-state index contributed by atoms with van der Waals surface area (Å²) in [5, 5.41) is 6.97. The first-order valence-electron chi connectivity index (χ1n) is 7.52. The molecule has 0 aliphatic rings. The molecule has 4 heteroatoms. The number of aryl methyl sites for hydroxylation is 1. The number of nitrogens with zero attached hydrogens (tertiary/aromatic N) is 1. The molecule has 0 unspecified atom stereocenters. The Hall–Kier alpha value is -1.91. The Morgan fingerprint density at radius 3 is 2.32 bits per heavy atom. The number of hydrogen-bond donors (Lipinski definition) is 3. The average molecular weight is 300 g/mol. The predicted octanol–water partition coefficient (Wildman–Crippen LogP) is 4.57. The van der Waals surface area contributed by atoms with Crippen molar-refractivity contribution in [3.8, 4) is 0 Å². The summed E-state index contributed by atoms with van der Waals surface area (Å²) in [6.45, 7) is 9.56. The molecule has 2 rings (SSSR count). The Balaban J connectivity index is 0.00000242. The molecule has 4 nitrogen and oxygen atoms in total. The Morgan fingerprint density at radius 1 is 1.05 bits per heavy atom. The van der Waals surface area contributed by atoms with Crippen LogP contribution in [0.25, 0.3) is 0 Å². The second-order valence-corrected chi connectivity index (χ2v) is 6.10. The number of benzene rings is 1. The third-order valence-electron chi connectivity index (χ3n) is 3.79. The summed E-state index contributed by atoms with van der Waals surface area (Å²) < 4.78 is 0. The normalized spacial score (nSPS) is 10.9. The van der Waals surface area contributed by atoms with Crippen LogP contribution < -0.4 is 16.8 Å². The first-order valence-corrected chi connectivity index (χ1v) is 7.52. The Morgan fingerprint density at radius 2 is 1.73 bits per heavy atom. The van der Waals surface area contributed by atoms with Crippen LogP contribution in [0.3, 0.4) is 0 Å². The van der Waals surface area contributed by atoms with Crippen molar-refractivity contribution in [3.05, 3.63) is 53.9 Å². The lowest BCUT2D eigenvalue weighted by Gasteiger charge is -2.24. The van der Waals surface area contributed by atoms with Gasteiger partial charge in [0.25, 0.3) is 0 Å². The van der Waals surface area contributed by atoms with E-state index >= 15 is 0 Å². The molecule has 0 fully saturated rings. The van der Waals surface area contributed by atoms with Gasteiger partial charge in [-0.1, -0.05) is 19.1 Å². The minimum absolute atomic E-state index is 0. The fraction of sp³-hybridized carbons (Fsp3) is 0.389. The summed E-state index contributed by atoms with van der Waals surface area (Å²) in [5.41, 5.74) is 4.67. The zero-order chi connectivity index (χ0) is 15.3. The van der Waals surface area contributed by atoms with Crippen molar-refractivity contribution < 1.29 is 0 Å². The van der Waals surface area contributed by atoms with Gasteiger partial charge in [0.1, 0.15) is 0 Å². The number of pyridine rings is 1. The van der Waals surface area contributed by atoms with Gasteiger partial charge in [-0.2, -0.15) is 0 Å². The Bertz CT molecular complexity index is 576. The van der Waals surface area contributed by atoms with E-state index in [1.807, 2.05) is 25.3 Å². The van der Waals surface area contributed by atoms with E-state index in [1.165, 1.54) is 5.56 Å². The number of hydrogen-bond acceptors (Lipinski definition) is 4.